The molecule has 88 valence electrons. The molecule has 2 heteroatoms. The highest BCUT2D eigenvalue weighted by Crippen LogP contribution is 2.31. The van der Waals surface area contributed by atoms with E-state index in [1.165, 1.54) is 19.4 Å². The Morgan fingerprint density at radius 3 is 2.60 bits per heavy atom. The summed E-state index contributed by atoms with van der Waals surface area (Å²) in [5.41, 5.74) is 0. The zero-order chi connectivity index (χ0) is 11.3. The first-order chi connectivity index (χ1) is 7.19. The first-order valence-corrected chi connectivity index (χ1v) is 6.14. The fourth-order valence-electron chi connectivity index (χ4n) is 2.04. The first-order valence-electron chi connectivity index (χ1n) is 6.14. The van der Waals surface area contributed by atoms with Crippen molar-refractivity contribution in [3.8, 4) is 0 Å². The second-order valence-electron chi connectivity index (χ2n) is 4.90. The zero-order valence-corrected chi connectivity index (χ0v) is 10.2. The molecule has 0 heterocycles. The molecule has 1 aliphatic rings. The van der Waals surface area contributed by atoms with E-state index in [0.29, 0.717) is 12.0 Å². The first kappa shape index (κ1) is 12.7. The van der Waals surface area contributed by atoms with E-state index in [0.717, 1.165) is 18.9 Å². The molecule has 1 rings (SSSR count). The molecule has 0 aromatic heterocycles. The van der Waals surface area contributed by atoms with Crippen LogP contribution in [0.3, 0.4) is 0 Å². The van der Waals surface area contributed by atoms with Crippen molar-refractivity contribution in [1.82, 2.24) is 4.90 Å². The van der Waals surface area contributed by atoms with Gasteiger partial charge in [-0.2, -0.15) is 0 Å². The lowest BCUT2D eigenvalue weighted by Crippen LogP contribution is -2.40. The average molecular weight is 211 g/mol. The van der Waals surface area contributed by atoms with Crippen LogP contribution in [0.25, 0.3) is 0 Å². The van der Waals surface area contributed by atoms with Crippen LogP contribution in [0.1, 0.15) is 33.1 Å². The number of aliphatic hydroxyl groups excluding tert-OH is 1. The van der Waals surface area contributed by atoms with Crippen LogP contribution < -0.4 is 0 Å². The standard InChI is InChI=1S/C13H25NO/c1-4-5-11(2)12(3)14(8-9-15)10-13-6-7-13/h4,11-13,15H,1,5-10H2,2-3H3. The summed E-state index contributed by atoms with van der Waals surface area (Å²) in [5.74, 6) is 1.53. The summed E-state index contributed by atoms with van der Waals surface area (Å²) in [5, 5.41) is 9.07. The van der Waals surface area contributed by atoms with E-state index in [1.807, 2.05) is 6.08 Å². The number of rotatable bonds is 8. The second-order valence-corrected chi connectivity index (χ2v) is 4.90. The van der Waals surface area contributed by atoms with Crippen molar-refractivity contribution in [3.05, 3.63) is 12.7 Å². The van der Waals surface area contributed by atoms with Gasteiger partial charge in [0, 0.05) is 19.1 Å². The van der Waals surface area contributed by atoms with E-state index >= 15 is 0 Å². The van der Waals surface area contributed by atoms with Gasteiger partial charge in [0.05, 0.1) is 6.61 Å². The Balaban J connectivity index is 2.40. The summed E-state index contributed by atoms with van der Waals surface area (Å²) in [4.78, 5) is 2.44. The van der Waals surface area contributed by atoms with Gasteiger partial charge in [-0.05, 0) is 38.0 Å². The topological polar surface area (TPSA) is 23.5 Å². The van der Waals surface area contributed by atoms with Crippen LogP contribution in [0.15, 0.2) is 12.7 Å². The predicted octanol–water partition coefficient (Wildman–Crippen LogP) is 2.29. The summed E-state index contributed by atoms with van der Waals surface area (Å²) >= 11 is 0. The zero-order valence-electron chi connectivity index (χ0n) is 10.2. The molecule has 1 N–H and O–H groups in total. The summed E-state index contributed by atoms with van der Waals surface area (Å²) in [7, 11) is 0. The van der Waals surface area contributed by atoms with E-state index in [-0.39, 0.29) is 6.61 Å². The van der Waals surface area contributed by atoms with Crippen molar-refractivity contribution in [2.24, 2.45) is 11.8 Å². The maximum Gasteiger partial charge on any atom is 0.0558 e. The number of hydrogen-bond donors (Lipinski definition) is 1. The molecule has 0 aliphatic heterocycles. The fraction of sp³-hybridized carbons (Fsp3) is 0.846. The molecule has 0 aromatic rings. The molecule has 0 spiro atoms. The lowest BCUT2D eigenvalue weighted by atomic mass is 9.98. The third-order valence-corrected chi connectivity index (χ3v) is 3.51. The van der Waals surface area contributed by atoms with Crippen molar-refractivity contribution in [1.29, 1.82) is 0 Å². The Kier molecular flexibility index (Phi) is 5.34. The van der Waals surface area contributed by atoms with Crippen molar-refractivity contribution in [3.63, 3.8) is 0 Å². The number of nitrogens with zero attached hydrogens (tertiary/aromatic N) is 1. The molecule has 0 radical (unpaired) electrons. The largest absolute Gasteiger partial charge is 0.395 e. The molecule has 0 saturated heterocycles. The van der Waals surface area contributed by atoms with E-state index < -0.39 is 0 Å². The van der Waals surface area contributed by atoms with Gasteiger partial charge in [-0.15, -0.1) is 6.58 Å². The molecular weight excluding hydrogens is 186 g/mol. The molecule has 0 bridgehead atoms. The van der Waals surface area contributed by atoms with Gasteiger partial charge in [-0.3, -0.25) is 4.90 Å². The van der Waals surface area contributed by atoms with Gasteiger partial charge in [-0.1, -0.05) is 13.0 Å². The van der Waals surface area contributed by atoms with Gasteiger partial charge in [0.25, 0.3) is 0 Å². The summed E-state index contributed by atoms with van der Waals surface area (Å²) in [6.45, 7) is 10.6. The van der Waals surface area contributed by atoms with Crippen LogP contribution in [-0.4, -0.2) is 35.7 Å². The number of aliphatic hydroxyl groups is 1. The van der Waals surface area contributed by atoms with E-state index in [2.05, 4.69) is 25.3 Å². The molecule has 1 aliphatic carbocycles. The molecule has 2 atom stereocenters. The van der Waals surface area contributed by atoms with E-state index in [9.17, 15) is 0 Å². The van der Waals surface area contributed by atoms with Gasteiger partial charge in [0.2, 0.25) is 0 Å². The lowest BCUT2D eigenvalue weighted by Gasteiger charge is -2.32. The minimum atomic E-state index is 0.276. The normalized spacial score (nSPS) is 20.3. The molecule has 15 heavy (non-hydrogen) atoms. The fourth-order valence-corrected chi connectivity index (χ4v) is 2.04. The Labute approximate surface area is 94.0 Å². The Bertz CT molecular complexity index is 189. The van der Waals surface area contributed by atoms with Gasteiger partial charge < -0.3 is 5.11 Å². The SMILES string of the molecule is C=CCC(C)C(C)N(CCO)CC1CC1. The maximum absolute atomic E-state index is 9.07. The molecule has 0 aromatic carbocycles. The highest BCUT2D eigenvalue weighted by Gasteiger charge is 2.27. The van der Waals surface area contributed by atoms with Crippen molar-refractivity contribution in [2.75, 3.05) is 19.7 Å². The average Bonchev–Trinajstić information content (AvgIpc) is 3.00. The molecule has 2 nitrogen and oxygen atoms in total. The van der Waals surface area contributed by atoms with E-state index in [4.69, 9.17) is 5.11 Å². The third-order valence-electron chi connectivity index (χ3n) is 3.51. The van der Waals surface area contributed by atoms with Crippen molar-refractivity contribution in [2.45, 2.75) is 39.2 Å². The Morgan fingerprint density at radius 2 is 2.13 bits per heavy atom. The van der Waals surface area contributed by atoms with Crippen LogP contribution in [0, 0.1) is 11.8 Å². The number of allylic oxidation sites excluding steroid dienone is 1. The van der Waals surface area contributed by atoms with Gasteiger partial charge in [0.15, 0.2) is 0 Å². The summed E-state index contributed by atoms with van der Waals surface area (Å²) in [6, 6.07) is 0.552. The van der Waals surface area contributed by atoms with Gasteiger partial charge in [-0.25, -0.2) is 0 Å². The van der Waals surface area contributed by atoms with E-state index in [1.54, 1.807) is 0 Å². The highest BCUT2D eigenvalue weighted by atomic mass is 16.3. The van der Waals surface area contributed by atoms with Crippen molar-refractivity contribution < 1.29 is 5.11 Å². The Morgan fingerprint density at radius 1 is 1.47 bits per heavy atom. The molecule has 1 saturated carbocycles. The number of hydrogen-bond acceptors (Lipinski definition) is 2. The predicted molar refractivity (Wildman–Crippen MR) is 64.8 cm³/mol. The molecule has 2 unspecified atom stereocenters. The summed E-state index contributed by atoms with van der Waals surface area (Å²) in [6.07, 6.45) is 5.82. The second kappa shape index (κ2) is 6.29. The van der Waals surface area contributed by atoms with Crippen LogP contribution in [0.2, 0.25) is 0 Å². The minimum Gasteiger partial charge on any atom is -0.395 e. The van der Waals surface area contributed by atoms with Crippen LogP contribution in [-0.2, 0) is 0 Å². The summed E-state index contributed by atoms with van der Waals surface area (Å²) < 4.78 is 0. The molecular formula is C13H25NO. The Hall–Kier alpha value is -0.340. The monoisotopic (exact) mass is 211 g/mol. The van der Waals surface area contributed by atoms with Crippen molar-refractivity contribution >= 4 is 0 Å². The lowest BCUT2D eigenvalue weighted by molar-refractivity contribution is 0.122. The van der Waals surface area contributed by atoms with Crippen LogP contribution >= 0.6 is 0 Å². The minimum absolute atomic E-state index is 0.276. The van der Waals surface area contributed by atoms with Gasteiger partial charge >= 0.3 is 0 Å². The maximum atomic E-state index is 9.07. The third kappa shape index (κ3) is 4.35. The van der Waals surface area contributed by atoms with Gasteiger partial charge in [0.1, 0.15) is 0 Å². The van der Waals surface area contributed by atoms with Crippen LogP contribution in [0.5, 0.6) is 0 Å². The quantitative estimate of drug-likeness (QED) is 0.623. The smallest absolute Gasteiger partial charge is 0.0558 e. The molecule has 1 fully saturated rings. The highest BCUT2D eigenvalue weighted by molar-refractivity contribution is 4.83. The molecule has 0 amide bonds. The van der Waals surface area contributed by atoms with Crippen LogP contribution in [0.4, 0.5) is 0 Å².